The van der Waals surface area contributed by atoms with E-state index in [1.165, 1.54) is 65.7 Å². The van der Waals surface area contributed by atoms with E-state index in [0.29, 0.717) is 0 Å². The molecule has 0 fully saturated rings. The molecule has 12 aromatic carbocycles. The fourth-order valence-electron chi connectivity index (χ4n) is 10.9. The SMILES string of the molecule is c1ccc(-c2ccc(-c3ccc(N(c4cccc(-c5ccc6c(c5)c5ccccc5n6-c5cc6ccccc6c6ccccc56)c4)c4cc5c6ccccc6oc5c5ccccc45)cc3)cc2)cc1. The zero-order chi connectivity index (χ0) is 45.4. The maximum absolute atomic E-state index is 6.61. The monoisotopic (exact) mass is 878 g/mol. The number of anilines is 3. The lowest BCUT2D eigenvalue weighted by molar-refractivity contribution is 0.672. The van der Waals surface area contributed by atoms with E-state index >= 15 is 0 Å². The van der Waals surface area contributed by atoms with E-state index in [4.69, 9.17) is 4.42 Å². The molecule has 0 atom stereocenters. The van der Waals surface area contributed by atoms with Gasteiger partial charge in [0.15, 0.2) is 0 Å². The Morgan fingerprint density at radius 2 is 0.841 bits per heavy atom. The number of nitrogens with zero attached hydrogens (tertiary/aromatic N) is 2. The molecular weight excluding hydrogens is 837 g/mol. The quantitative estimate of drug-likeness (QED) is 0.149. The highest BCUT2D eigenvalue weighted by molar-refractivity contribution is 6.20. The minimum atomic E-state index is 0.886. The third-order valence-corrected chi connectivity index (χ3v) is 14.2. The Hall–Kier alpha value is -9.18. The van der Waals surface area contributed by atoms with Crippen molar-refractivity contribution in [3.05, 3.63) is 255 Å². The zero-order valence-corrected chi connectivity index (χ0v) is 37.6. The summed E-state index contributed by atoms with van der Waals surface area (Å²) < 4.78 is 9.07. The molecule has 0 aliphatic carbocycles. The van der Waals surface area contributed by atoms with E-state index in [1.54, 1.807) is 0 Å². The topological polar surface area (TPSA) is 21.3 Å². The van der Waals surface area contributed by atoms with E-state index in [1.807, 2.05) is 6.07 Å². The van der Waals surface area contributed by atoms with E-state index in [2.05, 4.69) is 258 Å². The molecule has 0 saturated carbocycles. The molecule has 2 heterocycles. The zero-order valence-electron chi connectivity index (χ0n) is 37.6. The van der Waals surface area contributed by atoms with Crippen LogP contribution in [0.15, 0.2) is 259 Å². The summed E-state index contributed by atoms with van der Waals surface area (Å²) >= 11 is 0. The molecule has 3 nitrogen and oxygen atoms in total. The van der Waals surface area contributed by atoms with Gasteiger partial charge >= 0.3 is 0 Å². The second-order valence-electron chi connectivity index (χ2n) is 18.0. The van der Waals surface area contributed by atoms with Crippen LogP contribution in [0.4, 0.5) is 17.1 Å². The first-order valence-electron chi connectivity index (χ1n) is 23.7. The highest BCUT2D eigenvalue weighted by atomic mass is 16.3. The molecule has 0 aliphatic rings. The summed E-state index contributed by atoms with van der Waals surface area (Å²) in [4.78, 5) is 2.42. The van der Waals surface area contributed by atoms with Gasteiger partial charge in [0, 0.05) is 49.1 Å². The molecule has 3 heteroatoms. The van der Waals surface area contributed by atoms with E-state index in [0.717, 1.165) is 66.5 Å². The van der Waals surface area contributed by atoms with Crippen molar-refractivity contribution in [3.8, 4) is 39.1 Å². The Morgan fingerprint density at radius 1 is 0.290 bits per heavy atom. The Morgan fingerprint density at radius 3 is 1.62 bits per heavy atom. The largest absolute Gasteiger partial charge is 0.455 e. The average molecular weight is 879 g/mol. The molecule has 0 unspecified atom stereocenters. The summed E-state index contributed by atoms with van der Waals surface area (Å²) in [7, 11) is 0. The van der Waals surface area contributed by atoms with Crippen molar-refractivity contribution < 1.29 is 4.42 Å². The third kappa shape index (κ3) is 6.36. The van der Waals surface area contributed by atoms with Gasteiger partial charge in [0.1, 0.15) is 11.2 Å². The van der Waals surface area contributed by atoms with Crippen molar-refractivity contribution in [1.29, 1.82) is 0 Å². The van der Waals surface area contributed by atoms with Gasteiger partial charge in [-0.05, 0) is 110 Å². The highest BCUT2D eigenvalue weighted by Crippen LogP contribution is 2.46. The van der Waals surface area contributed by atoms with Crippen LogP contribution in [-0.2, 0) is 0 Å². The van der Waals surface area contributed by atoms with Crippen LogP contribution < -0.4 is 4.90 Å². The molecule has 0 spiro atoms. The Bertz CT molecular complexity index is 4290. The smallest absolute Gasteiger partial charge is 0.143 e. The Kier molecular flexibility index (Phi) is 8.90. The molecule has 69 heavy (non-hydrogen) atoms. The summed E-state index contributed by atoms with van der Waals surface area (Å²) in [5.41, 5.74) is 15.6. The second kappa shape index (κ2) is 15.7. The molecule has 0 saturated heterocycles. The van der Waals surface area contributed by atoms with Crippen molar-refractivity contribution in [2.75, 3.05) is 4.90 Å². The lowest BCUT2D eigenvalue weighted by Gasteiger charge is -2.28. The van der Waals surface area contributed by atoms with Crippen molar-refractivity contribution in [3.63, 3.8) is 0 Å². The van der Waals surface area contributed by atoms with E-state index in [-0.39, 0.29) is 0 Å². The third-order valence-electron chi connectivity index (χ3n) is 14.2. The average Bonchev–Trinajstić information content (AvgIpc) is 3.97. The molecule has 0 radical (unpaired) electrons. The number of hydrogen-bond acceptors (Lipinski definition) is 2. The van der Waals surface area contributed by atoms with Gasteiger partial charge in [-0.25, -0.2) is 0 Å². The summed E-state index contributed by atoms with van der Waals surface area (Å²) in [6.45, 7) is 0. The van der Waals surface area contributed by atoms with Gasteiger partial charge in [-0.1, -0.05) is 194 Å². The maximum atomic E-state index is 6.61. The molecule has 14 aromatic rings. The van der Waals surface area contributed by atoms with Gasteiger partial charge in [-0.15, -0.1) is 0 Å². The van der Waals surface area contributed by atoms with Crippen LogP contribution in [0.2, 0.25) is 0 Å². The fourth-order valence-corrected chi connectivity index (χ4v) is 10.9. The molecular formula is C66H42N2O. The molecule has 2 aromatic heterocycles. The number of benzene rings is 12. The molecule has 14 rings (SSSR count). The predicted octanol–water partition coefficient (Wildman–Crippen LogP) is 18.6. The molecule has 0 amide bonds. The molecule has 0 N–H and O–H groups in total. The van der Waals surface area contributed by atoms with E-state index in [9.17, 15) is 0 Å². The second-order valence-corrected chi connectivity index (χ2v) is 18.0. The van der Waals surface area contributed by atoms with Gasteiger partial charge in [-0.3, -0.25) is 0 Å². The van der Waals surface area contributed by atoms with Crippen LogP contribution in [0.1, 0.15) is 0 Å². The van der Waals surface area contributed by atoms with Crippen LogP contribution in [0.25, 0.3) is 115 Å². The first kappa shape index (κ1) is 39.0. The first-order valence-corrected chi connectivity index (χ1v) is 23.7. The van der Waals surface area contributed by atoms with Gasteiger partial charge in [-0.2, -0.15) is 0 Å². The van der Waals surface area contributed by atoms with Crippen molar-refractivity contribution in [1.82, 2.24) is 4.57 Å². The van der Waals surface area contributed by atoms with Gasteiger partial charge in [0.05, 0.1) is 22.4 Å². The Labute approximate surface area is 399 Å². The fraction of sp³-hybridized carbons (Fsp3) is 0. The van der Waals surface area contributed by atoms with Gasteiger partial charge in [0.25, 0.3) is 0 Å². The molecule has 0 bridgehead atoms. The van der Waals surface area contributed by atoms with Crippen molar-refractivity contribution in [2.24, 2.45) is 0 Å². The lowest BCUT2D eigenvalue weighted by Crippen LogP contribution is -2.10. The van der Waals surface area contributed by atoms with Gasteiger partial charge < -0.3 is 13.9 Å². The van der Waals surface area contributed by atoms with Crippen LogP contribution in [0, 0.1) is 0 Å². The van der Waals surface area contributed by atoms with Crippen molar-refractivity contribution in [2.45, 2.75) is 0 Å². The Balaban J connectivity index is 0.931. The van der Waals surface area contributed by atoms with E-state index < -0.39 is 0 Å². The number of furan rings is 1. The minimum absolute atomic E-state index is 0.886. The summed E-state index contributed by atoms with van der Waals surface area (Å²) in [5, 5.41) is 11.8. The van der Waals surface area contributed by atoms with Crippen molar-refractivity contribution >= 4 is 93.1 Å². The number of hydrogen-bond donors (Lipinski definition) is 0. The minimum Gasteiger partial charge on any atom is -0.455 e. The van der Waals surface area contributed by atoms with Crippen LogP contribution in [-0.4, -0.2) is 4.57 Å². The van der Waals surface area contributed by atoms with Gasteiger partial charge in [0.2, 0.25) is 0 Å². The lowest BCUT2D eigenvalue weighted by atomic mass is 9.98. The first-order chi connectivity index (χ1) is 34.2. The number of rotatable bonds is 7. The van der Waals surface area contributed by atoms with Crippen LogP contribution >= 0.6 is 0 Å². The molecule has 0 aliphatic heterocycles. The summed E-state index contributed by atoms with van der Waals surface area (Å²) in [6, 6.07) is 92.5. The van der Waals surface area contributed by atoms with Crippen LogP contribution in [0.5, 0.6) is 0 Å². The standard InChI is InChI=1S/C66H42N2O/c1-2-15-43(16-3-1)44-29-31-45(32-30-44)46-33-36-50(37-34-46)67(64-42-60-57-25-11-13-28-65(57)69-66(60)58-26-9-8-23-55(58)64)51-19-14-18-47(39-51)48-35-38-62-59(40-48)56-24-10-12-27-61(56)68(62)63-41-49-17-4-5-20-52(49)53-21-6-7-22-54(53)63/h1-42H. The predicted molar refractivity (Wildman–Crippen MR) is 292 cm³/mol. The normalized spacial score (nSPS) is 11.8. The maximum Gasteiger partial charge on any atom is 0.143 e. The number of fused-ring (bicyclic) bond motifs is 11. The number of para-hydroxylation sites is 2. The number of aromatic nitrogens is 1. The van der Waals surface area contributed by atoms with Crippen LogP contribution in [0.3, 0.4) is 0 Å². The molecule has 322 valence electrons. The summed E-state index contributed by atoms with van der Waals surface area (Å²) in [5.74, 6) is 0. The highest BCUT2D eigenvalue weighted by Gasteiger charge is 2.22. The summed E-state index contributed by atoms with van der Waals surface area (Å²) in [6.07, 6.45) is 0.